The summed E-state index contributed by atoms with van der Waals surface area (Å²) in [6.45, 7) is 3.87. The minimum atomic E-state index is -4.94. The van der Waals surface area contributed by atoms with Crippen LogP contribution in [0, 0.1) is 12.7 Å². The smallest absolute Gasteiger partial charge is 0.434 e. The van der Waals surface area contributed by atoms with Gasteiger partial charge in [0.1, 0.15) is 17.3 Å². The van der Waals surface area contributed by atoms with Crippen molar-refractivity contribution >= 4 is 11.6 Å². The van der Waals surface area contributed by atoms with E-state index in [0.29, 0.717) is 17.0 Å². The molecule has 0 radical (unpaired) electrons. The molecule has 0 atom stereocenters. The molecule has 1 amide bonds. The molecule has 0 aliphatic heterocycles. The second kappa shape index (κ2) is 7.94. The van der Waals surface area contributed by atoms with Crippen LogP contribution in [-0.4, -0.2) is 22.3 Å². The van der Waals surface area contributed by atoms with Gasteiger partial charge in [0.05, 0.1) is 24.1 Å². The zero-order valence-electron chi connectivity index (χ0n) is 15.5. The number of rotatable bonds is 5. The lowest BCUT2D eigenvalue weighted by Crippen LogP contribution is -2.21. The van der Waals surface area contributed by atoms with Crippen LogP contribution in [0.25, 0.3) is 5.69 Å². The van der Waals surface area contributed by atoms with Crippen molar-refractivity contribution < 1.29 is 27.1 Å². The first-order chi connectivity index (χ1) is 13.7. The Hall–Kier alpha value is -3.36. The number of nitrogens with one attached hydrogen (secondary N) is 1. The van der Waals surface area contributed by atoms with Crippen molar-refractivity contribution in [1.29, 1.82) is 0 Å². The highest BCUT2D eigenvalue weighted by atomic mass is 19.4. The highest BCUT2D eigenvalue weighted by Crippen LogP contribution is 2.35. The van der Waals surface area contributed by atoms with Crippen molar-refractivity contribution in [3.05, 3.63) is 71.3 Å². The summed E-state index contributed by atoms with van der Waals surface area (Å²) in [5, 5.41) is 6.03. The standard InChI is InChI=1S/C20H17F4N3O2/c1-3-29-17-10-12(2)8-9-15(17)26-19(28)13-11-25-27(18(13)20(22,23)24)16-7-5-4-6-14(16)21/h4-11H,3H2,1-2H3,(H,26,28). The number of hydrogen-bond donors (Lipinski definition) is 1. The van der Waals surface area contributed by atoms with Crippen molar-refractivity contribution in [2.24, 2.45) is 0 Å². The lowest BCUT2D eigenvalue weighted by molar-refractivity contribution is -0.143. The zero-order valence-corrected chi connectivity index (χ0v) is 15.5. The number of hydrogen-bond acceptors (Lipinski definition) is 3. The fourth-order valence-corrected chi connectivity index (χ4v) is 2.79. The number of amides is 1. The Labute approximate surface area is 163 Å². The van der Waals surface area contributed by atoms with Gasteiger partial charge < -0.3 is 10.1 Å². The van der Waals surface area contributed by atoms with E-state index in [0.717, 1.165) is 23.9 Å². The van der Waals surface area contributed by atoms with Gasteiger partial charge >= 0.3 is 6.18 Å². The van der Waals surface area contributed by atoms with Gasteiger partial charge in [0, 0.05) is 0 Å². The highest BCUT2D eigenvalue weighted by molar-refractivity contribution is 6.06. The molecule has 3 aromatic rings. The van der Waals surface area contributed by atoms with Crippen molar-refractivity contribution in [1.82, 2.24) is 9.78 Å². The quantitative estimate of drug-likeness (QED) is 0.607. The molecular weight excluding hydrogens is 390 g/mol. The molecule has 0 unspecified atom stereocenters. The molecule has 1 heterocycles. The molecule has 0 saturated heterocycles. The summed E-state index contributed by atoms with van der Waals surface area (Å²) in [5.74, 6) is -1.61. The molecule has 9 heteroatoms. The molecule has 1 aromatic heterocycles. The second-order valence-electron chi connectivity index (χ2n) is 6.15. The van der Waals surface area contributed by atoms with Crippen LogP contribution in [-0.2, 0) is 6.18 Å². The van der Waals surface area contributed by atoms with Crippen LogP contribution < -0.4 is 10.1 Å². The van der Waals surface area contributed by atoms with E-state index in [1.54, 1.807) is 19.1 Å². The molecule has 29 heavy (non-hydrogen) atoms. The van der Waals surface area contributed by atoms with E-state index < -0.39 is 34.8 Å². The number of alkyl halides is 3. The van der Waals surface area contributed by atoms with Crippen LogP contribution >= 0.6 is 0 Å². The van der Waals surface area contributed by atoms with Crippen LogP contribution in [0.4, 0.5) is 23.2 Å². The van der Waals surface area contributed by atoms with E-state index in [9.17, 15) is 22.4 Å². The van der Waals surface area contributed by atoms with Gasteiger partial charge in [-0.2, -0.15) is 18.3 Å². The Morgan fingerprint density at radius 1 is 1.21 bits per heavy atom. The Bertz CT molecular complexity index is 1040. The summed E-state index contributed by atoms with van der Waals surface area (Å²) in [4.78, 5) is 12.6. The number of benzene rings is 2. The maximum atomic E-state index is 14.0. The fourth-order valence-electron chi connectivity index (χ4n) is 2.79. The number of para-hydroxylation sites is 1. The molecule has 1 N–H and O–H groups in total. The first-order valence-electron chi connectivity index (χ1n) is 8.67. The van der Waals surface area contributed by atoms with E-state index in [1.165, 1.54) is 18.2 Å². The second-order valence-corrected chi connectivity index (χ2v) is 6.15. The van der Waals surface area contributed by atoms with Gasteiger partial charge in [0.15, 0.2) is 5.69 Å². The topological polar surface area (TPSA) is 56.1 Å². The average Bonchev–Trinajstić information content (AvgIpc) is 3.10. The molecule has 0 aliphatic rings. The van der Waals surface area contributed by atoms with E-state index in [2.05, 4.69) is 10.4 Å². The molecule has 2 aromatic carbocycles. The Morgan fingerprint density at radius 3 is 2.59 bits per heavy atom. The van der Waals surface area contributed by atoms with Gasteiger partial charge in [-0.05, 0) is 43.7 Å². The summed E-state index contributed by atoms with van der Waals surface area (Å²) in [6.07, 6.45) is -4.18. The number of aryl methyl sites for hydroxylation is 1. The van der Waals surface area contributed by atoms with Crippen molar-refractivity contribution in [2.45, 2.75) is 20.0 Å². The SMILES string of the molecule is CCOc1cc(C)ccc1NC(=O)c1cnn(-c2ccccc2F)c1C(F)(F)F. The normalized spacial score (nSPS) is 11.4. The summed E-state index contributed by atoms with van der Waals surface area (Å²) in [6, 6.07) is 9.76. The van der Waals surface area contributed by atoms with Gasteiger partial charge in [-0.1, -0.05) is 18.2 Å². The number of carbonyl (C=O) groups excluding carboxylic acids is 1. The third-order valence-corrected chi connectivity index (χ3v) is 4.05. The van der Waals surface area contributed by atoms with Crippen LogP contribution in [0.3, 0.4) is 0 Å². The number of carbonyl (C=O) groups is 1. The monoisotopic (exact) mass is 407 g/mol. The third kappa shape index (κ3) is 4.23. The molecule has 3 rings (SSSR count). The van der Waals surface area contributed by atoms with Gasteiger partial charge in [-0.15, -0.1) is 0 Å². The molecular formula is C20H17F4N3O2. The Morgan fingerprint density at radius 2 is 1.93 bits per heavy atom. The van der Waals surface area contributed by atoms with E-state index in [-0.39, 0.29) is 5.69 Å². The van der Waals surface area contributed by atoms with Crippen LogP contribution in [0.2, 0.25) is 0 Å². The van der Waals surface area contributed by atoms with Crippen molar-refractivity contribution in [3.8, 4) is 11.4 Å². The van der Waals surface area contributed by atoms with Crippen LogP contribution in [0.1, 0.15) is 28.5 Å². The Kier molecular flexibility index (Phi) is 5.58. The number of nitrogens with zero attached hydrogens (tertiary/aromatic N) is 2. The number of aromatic nitrogens is 2. The average molecular weight is 407 g/mol. The number of halogens is 4. The predicted octanol–water partition coefficient (Wildman–Crippen LogP) is 4.99. The van der Waals surface area contributed by atoms with E-state index >= 15 is 0 Å². The zero-order chi connectivity index (χ0) is 21.2. The highest BCUT2D eigenvalue weighted by Gasteiger charge is 2.41. The fraction of sp³-hybridized carbons (Fsp3) is 0.200. The summed E-state index contributed by atoms with van der Waals surface area (Å²) in [7, 11) is 0. The summed E-state index contributed by atoms with van der Waals surface area (Å²) < 4.78 is 61.0. The number of ether oxygens (including phenoxy) is 1. The minimum absolute atomic E-state index is 0.217. The lowest BCUT2D eigenvalue weighted by Gasteiger charge is -2.15. The van der Waals surface area contributed by atoms with E-state index in [4.69, 9.17) is 4.74 Å². The first-order valence-corrected chi connectivity index (χ1v) is 8.67. The molecule has 0 spiro atoms. The van der Waals surface area contributed by atoms with Gasteiger partial charge in [-0.3, -0.25) is 4.79 Å². The van der Waals surface area contributed by atoms with E-state index in [1.807, 2.05) is 6.92 Å². The molecule has 0 bridgehead atoms. The van der Waals surface area contributed by atoms with Crippen molar-refractivity contribution in [2.75, 3.05) is 11.9 Å². The molecule has 0 aliphatic carbocycles. The molecule has 0 saturated carbocycles. The molecule has 152 valence electrons. The van der Waals surface area contributed by atoms with Gasteiger partial charge in [-0.25, -0.2) is 9.07 Å². The minimum Gasteiger partial charge on any atom is -0.492 e. The Balaban J connectivity index is 2.04. The van der Waals surface area contributed by atoms with Crippen LogP contribution in [0.15, 0.2) is 48.7 Å². The predicted molar refractivity (Wildman–Crippen MR) is 98.8 cm³/mol. The molecule has 5 nitrogen and oxygen atoms in total. The van der Waals surface area contributed by atoms with Gasteiger partial charge in [0.2, 0.25) is 0 Å². The third-order valence-electron chi connectivity index (χ3n) is 4.05. The van der Waals surface area contributed by atoms with Crippen molar-refractivity contribution in [3.63, 3.8) is 0 Å². The maximum Gasteiger partial charge on any atom is 0.434 e. The van der Waals surface area contributed by atoms with Gasteiger partial charge in [0.25, 0.3) is 5.91 Å². The largest absolute Gasteiger partial charge is 0.492 e. The number of anilines is 1. The maximum absolute atomic E-state index is 14.0. The lowest BCUT2D eigenvalue weighted by atomic mass is 10.1. The summed E-state index contributed by atoms with van der Waals surface area (Å²) >= 11 is 0. The van der Waals surface area contributed by atoms with Crippen LogP contribution in [0.5, 0.6) is 5.75 Å². The molecule has 0 fully saturated rings. The summed E-state index contributed by atoms with van der Waals surface area (Å²) in [5.41, 5.74) is -1.44. The first kappa shape index (κ1) is 20.4.